The Morgan fingerprint density at radius 2 is 2.05 bits per heavy atom. The summed E-state index contributed by atoms with van der Waals surface area (Å²) in [7, 11) is 0. The van der Waals surface area contributed by atoms with E-state index in [0.717, 1.165) is 11.1 Å². The molecule has 3 rings (SSSR count). The predicted octanol–water partition coefficient (Wildman–Crippen LogP) is 3.04. The molecule has 0 aliphatic rings. The molecule has 0 radical (unpaired) electrons. The van der Waals surface area contributed by atoms with Crippen LogP contribution in [0, 0.1) is 0 Å². The van der Waals surface area contributed by atoms with E-state index in [1.54, 1.807) is 11.3 Å². The van der Waals surface area contributed by atoms with Crippen LogP contribution in [0.15, 0.2) is 51.7 Å². The topological polar surface area (TPSA) is 64.9 Å². The zero-order valence-corrected chi connectivity index (χ0v) is 11.0. The first-order chi connectivity index (χ1) is 9.33. The van der Waals surface area contributed by atoms with Gasteiger partial charge in [0.25, 0.3) is 0 Å². The first-order valence-electron chi connectivity index (χ1n) is 5.98. The van der Waals surface area contributed by atoms with Crippen molar-refractivity contribution in [2.24, 2.45) is 5.73 Å². The molecule has 0 saturated heterocycles. The molecular weight excluding hydrogens is 258 g/mol. The van der Waals surface area contributed by atoms with Crippen LogP contribution in [0.5, 0.6) is 0 Å². The fourth-order valence-corrected chi connectivity index (χ4v) is 2.48. The molecule has 2 aromatic heterocycles. The standard InChI is InChI=1S/C14H13N3OS/c15-12(8-10-4-2-1-3-5-10)14-16-13(17-18-14)11-6-7-19-9-11/h1-7,9,12H,8,15H2/t12-/m1/s1. The lowest BCUT2D eigenvalue weighted by atomic mass is 10.1. The van der Waals surface area contributed by atoms with Crippen molar-refractivity contribution in [3.63, 3.8) is 0 Å². The lowest BCUT2D eigenvalue weighted by Gasteiger charge is -2.05. The predicted molar refractivity (Wildman–Crippen MR) is 74.7 cm³/mol. The van der Waals surface area contributed by atoms with Crippen LogP contribution in [-0.2, 0) is 6.42 Å². The Labute approximate surface area is 114 Å². The molecule has 96 valence electrons. The van der Waals surface area contributed by atoms with E-state index < -0.39 is 0 Å². The van der Waals surface area contributed by atoms with E-state index in [1.165, 1.54) is 0 Å². The molecular formula is C14H13N3OS. The molecule has 0 saturated carbocycles. The Bertz CT molecular complexity index is 634. The summed E-state index contributed by atoms with van der Waals surface area (Å²) in [6.07, 6.45) is 0.687. The fraction of sp³-hybridized carbons (Fsp3) is 0.143. The summed E-state index contributed by atoms with van der Waals surface area (Å²) in [5, 5.41) is 7.93. The van der Waals surface area contributed by atoms with Gasteiger partial charge in [-0.2, -0.15) is 16.3 Å². The first kappa shape index (κ1) is 12.1. The van der Waals surface area contributed by atoms with Gasteiger partial charge in [0.2, 0.25) is 11.7 Å². The summed E-state index contributed by atoms with van der Waals surface area (Å²) < 4.78 is 5.24. The maximum absolute atomic E-state index is 6.10. The molecule has 0 aliphatic heterocycles. The second-order valence-corrected chi connectivity index (χ2v) is 5.04. The highest BCUT2D eigenvalue weighted by Crippen LogP contribution is 2.21. The second kappa shape index (κ2) is 5.34. The molecule has 0 fully saturated rings. The third-order valence-corrected chi connectivity index (χ3v) is 3.52. The Hall–Kier alpha value is -1.98. The van der Waals surface area contributed by atoms with Crippen LogP contribution in [0.1, 0.15) is 17.5 Å². The zero-order valence-electron chi connectivity index (χ0n) is 10.2. The van der Waals surface area contributed by atoms with Crippen LogP contribution in [0.4, 0.5) is 0 Å². The molecule has 2 N–H and O–H groups in total. The van der Waals surface area contributed by atoms with Gasteiger partial charge in [-0.3, -0.25) is 0 Å². The highest BCUT2D eigenvalue weighted by Gasteiger charge is 2.16. The number of thiophene rings is 1. The minimum Gasteiger partial charge on any atom is -0.337 e. The van der Waals surface area contributed by atoms with Gasteiger partial charge in [0, 0.05) is 10.9 Å². The Morgan fingerprint density at radius 1 is 1.21 bits per heavy atom. The van der Waals surface area contributed by atoms with Crippen molar-refractivity contribution in [1.29, 1.82) is 0 Å². The number of benzene rings is 1. The van der Waals surface area contributed by atoms with E-state index in [9.17, 15) is 0 Å². The van der Waals surface area contributed by atoms with Crippen molar-refractivity contribution in [3.8, 4) is 11.4 Å². The summed E-state index contributed by atoms with van der Waals surface area (Å²) >= 11 is 1.60. The van der Waals surface area contributed by atoms with E-state index in [4.69, 9.17) is 10.3 Å². The smallest absolute Gasteiger partial charge is 0.244 e. The highest BCUT2D eigenvalue weighted by molar-refractivity contribution is 7.08. The van der Waals surface area contributed by atoms with E-state index in [-0.39, 0.29) is 6.04 Å². The molecule has 1 atom stereocenters. The van der Waals surface area contributed by atoms with Crippen molar-refractivity contribution in [3.05, 3.63) is 58.6 Å². The van der Waals surface area contributed by atoms with Crippen molar-refractivity contribution in [2.75, 3.05) is 0 Å². The van der Waals surface area contributed by atoms with Gasteiger partial charge in [0.15, 0.2) is 0 Å². The Kier molecular flexibility index (Phi) is 3.39. The molecule has 0 spiro atoms. The van der Waals surface area contributed by atoms with Crippen LogP contribution in [0.3, 0.4) is 0 Å². The van der Waals surface area contributed by atoms with Gasteiger partial charge in [-0.25, -0.2) is 0 Å². The molecule has 19 heavy (non-hydrogen) atoms. The molecule has 0 aliphatic carbocycles. The lowest BCUT2D eigenvalue weighted by Crippen LogP contribution is -2.13. The SMILES string of the molecule is N[C@H](Cc1ccccc1)c1nc(-c2ccsc2)no1. The van der Waals surface area contributed by atoms with Crippen LogP contribution < -0.4 is 5.73 Å². The van der Waals surface area contributed by atoms with Gasteiger partial charge < -0.3 is 10.3 Å². The minimum atomic E-state index is -0.276. The van der Waals surface area contributed by atoms with Gasteiger partial charge in [0.05, 0.1) is 6.04 Å². The van der Waals surface area contributed by atoms with Gasteiger partial charge in [0.1, 0.15) is 0 Å². The number of hydrogen-bond donors (Lipinski definition) is 1. The average molecular weight is 271 g/mol. The van der Waals surface area contributed by atoms with E-state index >= 15 is 0 Å². The summed E-state index contributed by atoms with van der Waals surface area (Å²) in [5.41, 5.74) is 8.22. The van der Waals surface area contributed by atoms with Gasteiger partial charge in [-0.05, 0) is 23.4 Å². The first-order valence-corrected chi connectivity index (χ1v) is 6.93. The van der Waals surface area contributed by atoms with Crippen molar-refractivity contribution in [1.82, 2.24) is 10.1 Å². The van der Waals surface area contributed by atoms with E-state index in [1.807, 2.05) is 47.2 Å². The van der Waals surface area contributed by atoms with E-state index in [2.05, 4.69) is 10.1 Å². The second-order valence-electron chi connectivity index (χ2n) is 4.26. The third-order valence-electron chi connectivity index (χ3n) is 2.84. The number of nitrogens with zero attached hydrogens (tertiary/aromatic N) is 2. The maximum Gasteiger partial charge on any atom is 0.244 e. The van der Waals surface area contributed by atoms with Crippen LogP contribution in [-0.4, -0.2) is 10.1 Å². The molecule has 2 heterocycles. The summed E-state index contributed by atoms with van der Waals surface area (Å²) in [4.78, 5) is 4.35. The molecule has 1 aromatic carbocycles. The Balaban J connectivity index is 1.76. The zero-order chi connectivity index (χ0) is 13.1. The summed E-state index contributed by atoms with van der Waals surface area (Å²) in [6.45, 7) is 0. The summed E-state index contributed by atoms with van der Waals surface area (Å²) in [5.74, 6) is 1.07. The molecule has 3 aromatic rings. The number of hydrogen-bond acceptors (Lipinski definition) is 5. The number of aromatic nitrogens is 2. The fourth-order valence-electron chi connectivity index (χ4n) is 1.85. The Morgan fingerprint density at radius 3 is 2.79 bits per heavy atom. The number of rotatable bonds is 4. The number of nitrogens with two attached hydrogens (primary N) is 1. The molecule has 5 heteroatoms. The molecule has 4 nitrogen and oxygen atoms in total. The van der Waals surface area contributed by atoms with Gasteiger partial charge >= 0.3 is 0 Å². The normalized spacial score (nSPS) is 12.5. The van der Waals surface area contributed by atoms with Gasteiger partial charge in [-0.15, -0.1) is 0 Å². The van der Waals surface area contributed by atoms with Crippen molar-refractivity contribution >= 4 is 11.3 Å². The van der Waals surface area contributed by atoms with Crippen LogP contribution in [0.2, 0.25) is 0 Å². The van der Waals surface area contributed by atoms with Crippen molar-refractivity contribution < 1.29 is 4.52 Å². The quantitative estimate of drug-likeness (QED) is 0.792. The van der Waals surface area contributed by atoms with Crippen LogP contribution >= 0.6 is 11.3 Å². The maximum atomic E-state index is 6.10. The van der Waals surface area contributed by atoms with Crippen molar-refractivity contribution in [2.45, 2.75) is 12.5 Å². The average Bonchev–Trinajstić information content (AvgIpc) is 3.11. The molecule has 0 unspecified atom stereocenters. The largest absolute Gasteiger partial charge is 0.337 e. The van der Waals surface area contributed by atoms with Gasteiger partial charge in [-0.1, -0.05) is 35.5 Å². The van der Waals surface area contributed by atoms with E-state index in [0.29, 0.717) is 18.1 Å². The highest BCUT2D eigenvalue weighted by atomic mass is 32.1. The van der Waals surface area contributed by atoms with Crippen LogP contribution in [0.25, 0.3) is 11.4 Å². The molecule has 0 amide bonds. The molecule has 0 bridgehead atoms. The minimum absolute atomic E-state index is 0.276. The summed E-state index contributed by atoms with van der Waals surface area (Å²) in [6, 6.07) is 11.7. The third kappa shape index (κ3) is 2.72. The lowest BCUT2D eigenvalue weighted by molar-refractivity contribution is 0.354. The monoisotopic (exact) mass is 271 g/mol.